The van der Waals surface area contributed by atoms with Gasteiger partial charge in [-0.2, -0.15) is 0 Å². The van der Waals surface area contributed by atoms with Crippen molar-refractivity contribution in [3.05, 3.63) is 17.0 Å². The van der Waals surface area contributed by atoms with Crippen LogP contribution >= 0.6 is 0 Å². The molecule has 1 N–H and O–H groups in total. The molecule has 1 saturated carbocycles. The fourth-order valence-corrected chi connectivity index (χ4v) is 2.26. The molecule has 2 aliphatic rings. The van der Waals surface area contributed by atoms with E-state index in [2.05, 4.69) is 22.2 Å². The molecule has 0 aromatic carbocycles. The molecular formula is C12H17N3. The van der Waals surface area contributed by atoms with Crippen LogP contribution in [0, 0.1) is 6.92 Å². The van der Waals surface area contributed by atoms with Crippen LogP contribution in [0.25, 0.3) is 0 Å². The third-order valence-electron chi connectivity index (χ3n) is 3.30. The standard InChI is InChI=1S/C12H17N3/c1-8-10-4-2-3-5-11(10)15-12(13-8)14-9-6-7-9/h9H,2-7H2,1H3,(H,13,14,15). The summed E-state index contributed by atoms with van der Waals surface area (Å²) in [5, 5.41) is 3.38. The van der Waals surface area contributed by atoms with E-state index in [-0.39, 0.29) is 0 Å². The Balaban J connectivity index is 1.92. The Morgan fingerprint density at radius 2 is 1.93 bits per heavy atom. The second kappa shape index (κ2) is 3.47. The fraction of sp³-hybridized carbons (Fsp3) is 0.667. The summed E-state index contributed by atoms with van der Waals surface area (Å²) in [7, 11) is 0. The van der Waals surface area contributed by atoms with E-state index < -0.39 is 0 Å². The number of aromatic nitrogens is 2. The predicted molar refractivity (Wildman–Crippen MR) is 60.1 cm³/mol. The van der Waals surface area contributed by atoms with Gasteiger partial charge in [0, 0.05) is 17.4 Å². The molecule has 1 aromatic heterocycles. The Kier molecular flexibility index (Phi) is 2.11. The summed E-state index contributed by atoms with van der Waals surface area (Å²) in [4.78, 5) is 9.18. The van der Waals surface area contributed by atoms with Gasteiger partial charge in [-0.15, -0.1) is 0 Å². The monoisotopic (exact) mass is 203 g/mol. The van der Waals surface area contributed by atoms with Crippen molar-refractivity contribution in [1.29, 1.82) is 0 Å². The number of aryl methyl sites for hydroxylation is 2. The summed E-state index contributed by atoms with van der Waals surface area (Å²) in [5.41, 5.74) is 3.88. The quantitative estimate of drug-likeness (QED) is 0.801. The summed E-state index contributed by atoms with van der Waals surface area (Å²) in [6.45, 7) is 2.11. The summed E-state index contributed by atoms with van der Waals surface area (Å²) in [6, 6.07) is 0.644. The van der Waals surface area contributed by atoms with Crippen LogP contribution in [0.2, 0.25) is 0 Å². The highest BCUT2D eigenvalue weighted by Gasteiger charge is 2.23. The molecule has 0 radical (unpaired) electrons. The highest BCUT2D eigenvalue weighted by atomic mass is 15.1. The molecule has 15 heavy (non-hydrogen) atoms. The first kappa shape index (κ1) is 9.13. The predicted octanol–water partition coefficient (Wildman–Crippen LogP) is 2.24. The van der Waals surface area contributed by atoms with Crippen molar-refractivity contribution in [3.63, 3.8) is 0 Å². The van der Waals surface area contributed by atoms with Crippen LogP contribution in [-0.4, -0.2) is 16.0 Å². The molecule has 0 atom stereocenters. The average molecular weight is 203 g/mol. The van der Waals surface area contributed by atoms with Crippen molar-refractivity contribution < 1.29 is 0 Å². The second-order valence-electron chi connectivity index (χ2n) is 4.68. The van der Waals surface area contributed by atoms with Gasteiger partial charge in [-0.1, -0.05) is 0 Å². The molecule has 0 bridgehead atoms. The second-order valence-corrected chi connectivity index (χ2v) is 4.68. The van der Waals surface area contributed by atoms with E-state index in [1.165, 1.54) is 49.1 Å². The molecule has 3 heteroatoms. The fourth-order valence-electron chi connectivity index (χ4n) is 2.26. The van der Waals surface area contributed by atoms with E-state index in [0.29, 0.717) is 6.04 Å². The van der Waals surface area contributed by atoms with Gasteiger partial charge in [-0.3, -0.25) is 0 Å². The minimum Gasteiger partial charge on any atom is -0.351 e. The summed E-state index contributed by atoms with van der Waals surface area (Å²) >= 11 is 0. The molecule has 3 rings (SSSR count). The zero-order chi connectivity index (χ0) is 10.3. The maximum Gasteiger partial charge on any atom is 0.223 e. The summed E-state index contributed by atoms with van der Waals surface area (Å²) < 4.78 is 0. The van der Waals surface area contributed by atoms with Gasteiger partial charge in [-0.25, -0.2) is 9.97 Å². The molecule has 1 fully saturated rings. The van der Waals surface area contributed by atoms with E-state index in [1.807, 2.05) is 0 Å². The van der Waals surface area contributed by atoms with Gasteiger partial charge in [0.15, 0.2) is 0 Å². The third-order valence-corrected chi connectivity index (χ3v) is 3.30. The van der Waals surface area contributed by atoms with Crippen LogP contribution in [0.1, 0.15) is 42.6 Å². The van der Waals surface area contributed by atoms with Crippen molar-refractivity contribution in [2.75, 3.05) is 5.32 Å². The molecule has 0 saturated heterocycles. The molecule has 2 aliphatic carbocycles. The number of fused-ring (bicyclic) bond motifs is 1. The highest BCUT2D eigenvalue weighted by molar-refractivity contribution is 5.37. The van der Waals surface area contributed by atoms with Crippen LogP contribution in [0.4, 0.5) is 5.95 Å². The lowest BCUT2D eigenvalue weighted by Gasteiger charge is -2.17. The summed E-state index contributed by atoms with van der Waals surface area (Å²) in [6.07, 6.45) is 7.45. The van der Waals surface area contributed by atoms with Crippen molar-refractivity contribution in [2.45, 2.75) is 51.5 Å². The van der Waals surface area contributed by atoms with Crippen LogP contribution in [0.3, 0.4) is 0 Å². The van der Waals surface area contributed by atoms with Gasteiger partial charge in [-0.05, 0) is 51.0 Å². The Morgan fingerprint density at radius 3 is 2.73 bits per heavy atom. The first-order valence-corrected chi connectivity index (χ1v) is 5.96. The van der Waals surface area contributed by atoms with Crippen LogP contribution in [0.5, 0.6) is 0 Å². The highest BCUT2D eigenvalue weighted by Crippen LogP contribution is 2.26. The van der Waals surface area contributed by atoms with Gasteiger partial charge in [0.1, 0.15) is 0 Å². The van der Waals surface area contributed by atoms with Crippen molar-refractivity contribution >= 4 is 5.95 Å². The third kappa shape index (κ3) is 1.83. The molecule has 3 nitrogen and oxygen atoms in total. The smallest absolute Gasteiger partial charge is 0.223 e. The van der Waals surface area contributed by atoms with E-state index in [9.17, 15) is 0 Å². The van der Waals surface area contributed by atoms with Crippen molar-refractivity contribution in [3.8, 4) is 0 Å². The van der Waals surface area contributed by atoms with Gasteiger partial charge >= 0.3 is 0 Å². The molecule has 1 heterocycles. The lowest BCUT2D eigenvalue weighted by atomic mass is 9.95. The number of hydrogen-bond acceptors (Lipinski definition) is 3. The van der Waals surface area contributed by atoms with Crippen LogP contribution < -0.4 is 5.32 Å². The Bertz CT molecular complexity index is 383. The first-order valence-electron chi connectivity index (χ1n) is 5.96. The zero-order valence-corrected chi connectivity index (χ0v) is 9.21. The number of nitrogens with one attached hydrogen (secondary N) is 1. The summed E-state index contributed by atoms with van der Waals surface area (Å²) in [5.74, 6) is 0.857. The SMILES string of the molecule is Cc1nc(NC2CC2)nc2c1CCCC2. The van der Waals surface area contributed by atoms with E-state index >= 15 is 0 Å². The van der Waals surface area contributed by atoms with E-state index in [1.54, 1.807) is 0 Å². The molecular weight excluding hydrogens is 186 g/mol. The normalized spacial score (nSPS) is 19.8. The lowest BCUT2D eigenvalue weighted by Crippen LogP contribution is -2.13. The molecule has 0 amide bonds. The molecule has 0 aliphatic heterocycles. The van der Waals surface area contributed by atoms with Gasteiger partial charge in [0.05, 0.1) is 0 Å². The maximum atomic E-state index is 4.63. The van der Waals surface area contributed by atoms with Gasteiger partial charge in [0.25, 0.3) is 0 Å². The molecule has 1 aromatic rings. The van der Waals surface area contributed by atoms with Crippen molar-refractivity contribution in [1.82, 2.24) is 9.97 Å². The molecule has 80 valence electrons. The number of nitrogens with zero attached hydrogens (tertiary/aromatic N) is 2. The average Bonchev–Trinajstić information content (AvgIpc) is 3.02. The Hall–Kier alpha value is -1.12. The minimum atomic E-state index is 0.644. The number of rotatable bonds is 2. The Morgan fingerprint density at radius 1 is 1.13 bits per heavy atom. The lowest BCUT2D eigenvalue weighted by molar-refractivity contribution is 0.657. The van der Waals surface area contributed by atoms with Gasteiger partial charge in [0.2, 0.25) is 5.95 Å². The topological polar surface area (TPSA) is 37.8 Å². The number of anilines is 1. The van der Waals surface area contributed by atoms with E-state index in [4.69, 9.17) is 0 Å². The first-order chi connectivity index (χ1) is 7.33. The van der Waals surface area contributed by atoms with Crippen LogP contribution in [0.15, 0.2) is 0 Å². The maximum absolute atomic E-state index is 4.63. The Labute approximate surface area is 90.3 Å². The zero-order valence-electron chi connectivity index (χ0n) is 9.21. The van der Waals surface area contributed by atoms with Gasteiger partial charge < -0.3 is 5.32 Å². The van der Waals surface area contributed by atoms with Crippen molar-refractivity contribution in [2.24, 2.45) is 0 Å². The molecule has 0 unspecified atom stereocenters. The number of hydrogen-bond donors (Lipinski definition) is 1. The largest absolute Gasteiger partial charge is 0.351 e. The molecule has 0 spiro atoms. The van der Waals surface area contributed by atoms with E-state index in [0.717, 1.165) is 12.4 Å². The van der Waals surface area contributed by atoms with Crippen LogP contribution in [-0.2, 0) is 12.8 Å². The minimum absolute atomic E-state index is 0.644.